The fourth-order valence-corrected chi connectivity index (χ4v) is 10.0. The van der Waals surface area contributed by atoms with Crippen LogP contribution in [-0.4, -0.2) is 75.6 Å². The number of hydrogen-bond acceptors (Lipinski definition) is 4. The van der Waals surface area contributed by atoms with Crippen molar-refractivity contribution in [3.8, 4) is 0 Å². The average molecular weight is 563 g/mol. The number of amides is 2. The third kappa shape index (κ3) is 3.94. The van der Waals surface area contributed by atoms with Gasteiger partial charge < -0.3 is 10.2 Å². The van der Waals surface area contributed by atoms with Crippen LogP contribution < -0.4 is 8.90 Å². The Balaban J connectivity index is 1.40. The van der Waals surface area contributed by atoms with E-state index in [0.29, 0.717) is 24.4 Å². The van der Waals surface area contributed by atoms with Gasteiger partial charge in [0, 0.05) is 0 Å². The third-order valence-corrected chi connectivity index (χ3v) is 15.1. The molecule has 4 aliphatic rings. The van der Waals surface area contributed by atoms with E-state index in [1.165, 1.54) is 3.58 Å². The minimum atomic E-state index is -2.17. The molecule has 0 radical (unpaired) electrons. The van der Waals surface area contributed by atoms with E-state index in [1.807, 2.05) is 43.0 Å². The molecular formula is C26H40N2O4Sn. The van der Waals surface area contributed by atoms with Gasteiger partial charge in [0.1, 0.15) is 0 Å². The van der Waals surface area contributed by atoms with Crippen LogP contribution in [0.4, 0.5) is 0 Å². The Morgan fingerprint density at radius 1 is 1.12 bits per heavy atom. The first kappa shape index (κ1) is 25.0. The first-order valence-corrected chi connectivity index (χ1v) is 22.3. The van der Waals surface area contributed by atoms with Gasteiger partial charge in [0.05, 0.1) is 5.60 Å². The van der Waals surface area contributed by atoms with Gasteiger partial charge in [-0.1, -0.05) is 13.8 Å². The maximum atomic E-state index is 13.1. The molecule has 3 N–H and O–H groups in total. The second kappa shape index (κ2) is 8.23. The van der Waals surface area contributed by atoms with Crippen LogP contribution in [0.3, 0.4) is 0 Å². The molecule has 4 fully saturated rings. The minimum absolute atomic E-state index is 0.0519. The smallest absolute Gasteiger partial charge is 0.387 e. The topological polar surface area (TPSA) is 89.9 Å². The molecular weight excluding hydrogens is 523 g/mol. The molecule has 5 rings (SSSR count). The fourth-order valence-electron chi connectivity index (χ4n) is 6.69. The third-order valence-electron chi connectivity index (χ3n) is 9.22. The summed E-state index contributed by atoms with van der Waals surface area (Å²) in [7, 11) is 0. The standard InChI is InChI=1S/C23H31N2O4.3CH3.Sn/c1-21(2)16-12-17(22(3,28)23(21,29)13-16)18-10-7-11-25(18)19(26)14-24-20(27)15-8-5-4-6-9-15;;;;/h5-6,8-9,16-18,28-29H,7,10-14H2,1-3H3,(H,24,27);3*1H3;. The van der Waals surface area contributed by atoms with Crippen LogP contribution in [0.25, 0.3) is 0 Å². The van der Waals surface area contributed by atoms with E-state index < -0.39 is 29.6 Å². The van der Waals surface area contributed by atoms with Gasteiger partial charge in [-0.05, 0) is 24.7 Å². The summed E-state index contributed by atoms with van der Waals surface area (Å²) in [6.45, 7) is 6.41. The van der Waals surface area contributed by atoms with E-state index >= 15 is 0 Å². The van der Waals surface area contributed by atoms with Crippen molar-refractivity contribution in [3.63, 3.8) is 0 Å². The molecule has 3 saturated carbocycles. The van der Waals surface area contributed by atoms with Gasteiger partial charge in [0.15, 0.2) is 0 Å². The molecule has 7 heteroatoms. The Bertz CT molecular complexity index is 937. The van der Waals surface area contributed by atoms with E-state index in [1.54, 1.807) is 6.92 Å². The predicted molar refractivity (Wildman–Crippen MR) is 132 cm³/mol. The molecule has 0 aromatic heterocycles. The summed E-state index contributed by atoms with van der Waals surface area (Å²) in [6, 6.07) is 7.69. The van der Waals surface area contributed by atoms with Crippen molar-refractivity contribution in [2.24, 2.45) is 17.3 Å². The van der Waals surface area contributed by atoms with Gasteiger partial charge in [0.2, 0.25) is 0 Å². The van der Waals surface area contributed by atoms with Crippen LogP contribution in [0, 0.1) is 17.3 Å². The molecule has 5 unspecified atom stereocenters. The fraction of sp³-hybridized carbons (Fsp3) is 0.692. The summed E-state index contributed by atoms with van der Waals surface area (Å²) in [5, 5.41) is 25.6. The monoisotopic (exact) mass is 564 g/mol. The summed E-state index contributed by atoms with van der Waals surface area (Å²) in [6.07, 6.45) is 3.14. The van der Waals surface area contributed by atoms with Crippen molar-refractivity contribution in [2.75, 3.05) is 13.1 Å². The Labute approximate surface area is 202 Å². The zero-order chi connectivity index (χ0) is 24.4. The van der Waals surface area contributed by atoms with E-state index in [0.717, 1.165) is 19.3 Å². The van der Waals surface area contributed by atoms with Crippen LogP contribution in [0.15, 0.2) is 24.3 Å². The number of carbonyl (C=O) groups is 2. The molecule has 33 heavy (non-hydrogen) atoms. The number of benzene rings is 1. The molecule has 5 atom stereocenters. The molecule has 0 spiro atoms. The molecule has 182 valence electrons. The second-order valence-corrected chi connectivity index (χ2v) is 26.8. The average Bonchev–Trinajstić information content (AvgIpc) is 3.22. The molecule has 1 aliphatic heterocycles. The summed E-state index contributed by atoms with van der Waals surface area (Å²) in [4.78, 5) is 34.6. The van der Waals surface area contributed by atoms with Crippen molar-refractivity contribution in [1.82, 2.24) is 10.2 Å². The molecule has 2 amide bonds. The van der Waals surface area contributed by atoms with Crippen molar-refractivity contribution in [1.29, 1.82) is 0 Å². The van der Waals surface area contributed by atoms with E-state index in [9.17, 15) is 19.8 Å². The summed E-state index contributed by atoms with van der Waals surface area (Å²) >= 11 is -2.17. The Morgan fingerprint density at radius 3 is 2.33 bits per heavy atom. The summed E-state index contributed by atoms with van der Waals surface area (Å²) in [5.41, 5.74) is -2.12. The molecule has 1 heterocycles. The van der Waals surface area contributed by atoms with Crippen molar-refractivity contribution in [3.05, 3.63) is 29.8 Å². The first-order chi connectivity index (χ1) is 15.2. The minimum Gasteiger partial charge on any atom is -0.387 e. The van der Waals surface area contributed by atoms with Crippen molar-refractivity contribution < 1.29 is 19.8 Å². The number of fused-ring (bicyclic) bond motifs is 2. The van der Waals surface area contributed by atoms with E-state index in [2.05, 4.69) is 20.1 Å². The molecule has 1 saturated heterocycles. The van der Waals surface area contributed by atoms with E-state index in [4.69, 9.17) is 0 Å². The number of hydrogen-bond donors (Lipinski definition) is 3. The first-order valence-electron chi connectivity index (χ1n) is 12.3. The van der Waals surface area contributed by atoms with Crippen LogP contribution in [0.1, 0.15) is 56.8 Å². The summed E-state index contributed by atoms with van der Waals surface area (Å²) < 4.78 is 1.36. The van der Waals surface area contributed by atoms with Crippen LogP contribution in [-0.2, 0) is 4.79 Å². The number of carbonyl (C=O) groups excluding carboxylic acids is 2. The number of nitrogens with one attached hydrogen (secondary N) is 1. The second-order valence-electron chi connectivity index (χ2n) is 12.3. The van der Waals surface area contributed by atoms with Gasteiger partial charge in [-0.3, -0.25) is 0 Å². The number of likely N-dealkylation sites (tertiary alicyclic amines) is 1. The molecule has 6 nitrogen and oxygen atoms in total. The van der Waals surface area contributed by atoms with Gasteiger partial charge in [-0.25, -0.2) is 0 Å². The molecule has 2 bridgehead atoms. The Hall–Kier alpha value is -1.12. The van der Waals surface area contributed by atoms with Crippen molar-refractivity contribution in [2.45, 2.75) is 78.5 Å². The predicted octanol–water partition coefficient (Wildman–Crippen LogP) is 2.50. The zero-order valence-corrected chi connectivity index (χ0v) is 23.8. The van der Waals surface area contributed by atoms with E-state index in [-0.39, 0.29) is 35.7 Å². The molecule has 1 aromatic carbocycles. The number of nitrogens with zero attached hydrogens (tertiary/aromatic N) is 1. The van der Waals surface area contributed by atoms with Gasteiger partial charge >= 0.3 is 148 Å². The van der Waals surface area contributed by atoms with Gasteiger partial charge in [-0.15, -0.1) is 0 Å². The molecule has 3 aliphatic carbocycles. The van der Waals surface area contributed by atoms with Crippen molar-refractivity contribution >= 4 is 33.8 Å². The number of rotatable bonds is 5. The Kier molecular flexibility index (Phi) is 6.23. The summed E-state index contributed by atoms with van der Waals surface area (Å²) in [5.74, 6) is -0.162. The quantitative estimate of drug-likeness (QED) is 0.481. The van der Waals surface area contributed by atoms with Gasteiger partial charge in [0.25, 0.3) is 0 Å². The SMILES string of the molecule is CC1(C)C2CC(C3CCCN3C(=O)CNC(=O)c3cc[c]([Sn]([CH3])([CH3])[CH3])cc3)C(C)(O)C1(O)C2. The molecule has 1 aromatic rings. The maximum absolute atomic E-state index is 13.1. The Morgan fingerprint density at radius 2 is 1.76 bits per heavy atom. The normalized spacial score (nSPS) is 35.2. The van der Waals surface area contributed by atoms with Crippen LogP contribution in [0.5, 0.6) is 0 Å². The van der Waals surface area contributed by atoms with Crippen LogP contribution >= 0.6 is 0 Å². The zero-order valence-electron chi connectivity index (χ0n) is 20.9. The van der Waals surface area contributed by atoms with Crippen LogP contribution in [0.2, 0.25) is 14.8 Å². The number of aliphatic hydroxyl groups is 2. The van der Waals surface area contributed by atoms with Gasteiger partial charge in [-0.2, -0.15) is 0 Å².